The molecule has 0 rings (SSSR count). The average molecular weight is 230 g/mol. The van der Waals surface area contributed by atoms with Crippen molar-refractivity contribution in [2.45, 2.75) is 12.4 Å². The van der Waals surface area contributed by atoms with Crippen LogP contribution < -0.4 is 0 Å². The molecule has 0 aliphatic carbocycles. The third kappa shape index (κ3) is 4.46. The van der Waals surface area contributed by atoms with Crippen molar-refractivity contribution in [1.29, 1.82) is 0 Å². The highest BCUT2D eigenvalue weighted by molar-refractivity contribution is 7.79. The van der Waals surface area contributed by atoms with Crippen LogP contribution in [0.4, 0.5) is 26.3 Å². The highest BCUT2D eigenvalue weighted by Crippen LogP contribution is 2.39. The zero-order valence-electron chi connectivity index (χ0n) is 5.82. The maximum atomic E-state index is 11.6. The van der Waals surface area contributed by atoms with Crippen molar-refractivity contribution in [3.8, 4) is 0 Å². The van der Waals surface area contributed by atoms with Crippen LogP contribution in [-0.2, 0) is 11.1 Å². The van der Waals surface area contributed by atoms with E-state index < -0.39 is 35.1 Å². The van der Waals surface area contributed by atoms with Crippen molar-refractivity contribution in [2.24, 2.45) is 5.92 Å². The van der Waals surface area contributed by atoms with E-state index in [2.05, 4.69) is 0 Å². The largest absolute Gasteiger partial charge is 0.401 e. The number of rotatable bonds is 2. The molecule has 13 heavy (non-hydrogen) atoms. The van der Waals surface area contributed by atoms with Crippen LogP contribution in [0.1, 0.15) is 0 Å². The van der Waals surface area contributed by atoms with E-state index in [0.717, 1.165) is 0 Å². The van der Waals surface area contributed by atoms with Crippen molar-refractivity contribution < 1.29 is 35.1 Å². The molecule has 0 aromatic heterocycles. The van der Waals surface area contributed by atoms with Crippen molar-refractivity contribution in [3.63, 3.8) is 0 Å². The van der Waals surface area contributed by atoms with Gasteiger partial charge in [-0.05, 0) is 0 Å². The minimum Gasteiger partial charge on any atom is -0.306 e. The van der Waals surface area contributed by atoms with E-state index in [1.54, 1.807) is 0 Å². The van der Waals surface area contributed by atoms with Gasteiger partial charge in [0.2, 0.25) is 0 Å². The molecule has 1 unspecified atom stereocenters. The van der Waals surface area contributed by atoms with Crippen LogP contribution in [0.2, 0.25) is 0 Å². The second-order valence-corrected chi connectivity index (χ2v) is 3.10. The Hall–Kier alpha value is -0.310. The number of hydrogen-bond acceptors (Lipinski definition) is 1. The van der Waals surface area contributed by atoms with E-state index in [9.17, 15) is 30.6 Å². The fourth-order valence-corrected chi connectivity index (χ4v) is 1.18. The van der Waals surface area contributed by atoms with Gasteiger partial charge in [-0.25, -0.2) is 4.21 Å². The Kier molecular flexibility index (Phi) is 3.73. The molecule has 1 atom stereocenters. The quantitative estimate of drug-likeness (QED) is 0.581. The van der Waals surface area contributed by atoms with E-state index in [1.165, 1.54) is 0 Å². The van der Waals surface area contributed by atoms with E-state index in [1.807, 2.05) is 0 Å². The lowest BCUT2D eigenvalue weighted by Crippen LogP contribution is -2.40. The summed E-state index contributed by atoms with van der Waals surface area (Å²) in [6.07, 6.45) is -11.1. The first-order valence-corrected chi connectivity index (χ1v) is 4.03. The standard InChI is InChI=1S/C4H4F6O2S/c5-3(6,7)2(1-13(11)12)4(8,9)10/h2H,1H2,(H,11,12). The Morgan fingerprint density at radius 1 is 1.08 bits per heavy atom. The Morgan fingerprint density at radius 2 is 1.38 bits per heavy atom. The molecule has 0 saturated heterocycles. The van der Waals surface area contributed by atoms with Crippen LogP contribution in [0.3, 0.4) is 0 Å². The highest BCUT2D eigenvalue weighted by atomic mass is 32.2. The first-order chi connectivity index (χ1) is 5.55. The lowest BCUT2D eigenvalue weighted by atomic mass is 10.1. The molecular weight excluding hydrogens is 226 g/mol. The summed E-state index contributed by atoms with van der Waals surface area (Å²) < 4.78 is 87.4. The minimum absolute atomic E-state index is 1.88. The van der Waals surface area contributed by atoms with Crippen LogP contribution in [-0.4, -0.2) is 26.9 Å². The number of alkyl halides is 6. The molecule has 0 aromatic carbocycles. The predicted molar refractivity (Wildman–Crippen MR) is 31.2 cm³/mol. The summed E-state index contributed by atoms with van der Waals surface area (Å²) in [5, 5.41) is 0. The molecule has 0 radical (unpaired) electrons. The van der Waals surface area contributed by atoms with Gasteiger partial charge in [0.05, 0.1) is 5.75 Å². The monoisotopic (exact) mass is 230 g/mol. The van der Waals surface area contributed by atoms with E-state index >= 15 is 0 Å². The maximum Gasteiger partial charge on any atom is 0.401 e. The SMILES string of the molecule is O=S(O)CC(C(F)(F)F)C(F)(F)F. The molecule has 0 aliphatic heterocycles. The van der Waals surface area contributed by atoms with Gasteiger partial charge >= 0.3 is 12.4 Å². The fourth-order valence-electron chi connectivity index (χ4n) is 0.517. The van der Waals surface area contributed by atoms with Crippen LogP contribution in [0.25, 0.3) is 0 Å². The molecule has 0 fully saturated rings. The molecule has 0 spiro atoms. The Labute approximate surface area is 71.2 Å². The molecule has 80 valence electrons. The molecule has 2 nitrogen and oxygen atoms in total. The zero-order valence-corrected chi connectivity index (χ0v) is 6.63. The number of hydrogen-bond donors (Lipinski definition) is 1. The van der Waals surface area contributed by atoms with Gasteiger partial charge < -0.3 is 4.55 Å². The van der Waals surface area contributed by atoms with E-state index in [-0.39, 0.29) is 0 Å². The molecule has 1 N–H and O–H groups in total. The summed E-state index contributed by atoms with van der Waals surface area (Å²) >= 11 is -3.13. The van der Waals surface area contributed by atoms with Gasteiger partial charge in [-0.15, -0.1) is 0 Å². The fraction of sp³-hybridized carbons (Fsp3) is 1.00. The molecule has 0 saturated carbocycles. The maximum absolute atomic E-state index is 11.6. The second-order valence-electron chi connectivity index (χ2n) is 2.12. The molecule has 0 heterocycles. The third-order valence-corrected chi connectivity index (χ3v) is 1.72. The van der Waals surface area contributed by atoms with Gasteiger partial charge in [0.25, 0.3) is 0 Å². The smallest absolute Gasteiger partial charge is 0.306 e. The Balaban J connectivity index is 4.68. The third-order valence-electron chi connectivity index (χ3n) is 1.10. The molecule has 0 aromatic rings. The summed E-state index contributed by atoms with van der Waals surface area (Å²) in [4.78, 5) is 0. The van der Waals surface area contributed by atoms with Crippen molar-refractivity contribution >= 4 is 11.1 Å². The minimum atomic E-state index is -5.54. The first-order valence-electron chi connectivity index (χ1n) is 2.76. The van der Waals surface area contributed by atoms with Crippen LogP contribution in [0.5, 0.6) is 0 Å². The summed E-state index contributed by atoms with van der Waals surface area (Å²) in [5.41, 5.74) is 0. The van der Waals surface area contributed by atoms with Gasteiger partial charge in [-0.3, -0.25) is 0 Å². The van der Waals surface area contributed by atoms with Gasteiger partial charge in [0, 0.05) is 0 Å². The topological polar surface area (TPSA) is 37.3 Å². The lowest BCUT2D eigenvalue weighted by molar-refractivity contribution is -0.276. The Bertz CT molecular complexity index is 182. The van der Waals surface area contributed by atoms with Crippen LogP contribution >= 0.6 is 0 Å². The van der Waals surface area contributed by atoms with Gasteiger partial charge in [0.1, 0.15) is 0 Å². The molecule has 0 bridgehead atoms. The molecule has 0 amide bonds. The van der Waals surface area contributed by atoms with Crippen molar-refractivity contribution in [2.75, 3.05) is 5.75 Å². The van der Waals surface area contributed by atoms with Gasteiger partial charge in [0.15, 0.2) is 17.0 Å². The summed E-state index contributed by atoms with van der Waals surface area (Å²) in [6, 6.07) is 0. The van der Waals surface area contributed by atoms with Crippen molar-refractivity contribution in [3.05, 3.63) is 0 Å². The second kappa shape index (κ2) is 3.82. The molecule has 9 heteroatoms. The summed E-state index contributed by atoms with van der Waals surface area (Å²) in [6.45, 7) is 0. The van der Waals surface area contributed by atoms with Crippen molar-refractivity contribution in [1.82, 2.24) is 0 Å². The highest BCUT2D eigenvalue weighted by Gasteiger charge is 2.57. The van der Waals surface area contributed by atoms with Crippen LogP contribution in [0, 0.1) is 5.92 Å². The number of halogens is 6. The summed E-state index contributed by atoms with van der Waals surface area (Å²) in [5.74, 6) is -5.63. The normalized spacial score (nSPS) is 16.3. The summed E-state index contributed by atoms with van der Waals surface area (Å²) in [7, 11) is 0. The molecular formula is C4H4F6O2S. The van der Waals surface area contributed by atoms with E-state index in [4.69, 9.17) is 4.55 Å². The average Bonchev–Trinajstić information content (AvgIpc) is 1.77. The van der Waals surface area contributed by atoms with E-state index in [0.29, 0.717) is 0 Å². The Morgan fingerprint density at radius 3 is 1.46 bits per heavy atom. The first kappa shape index (κ1) is 12.7. The predicted octanol–water partition coefficient (Wildman–Crippen LogP) is 1.95. The van der Waals surface area contributed by atoms with Gasteiger partial charge in [-0.1, -0.05) is 0 Å². The van der Waals surface area contributed by atoms with Crippen LogP contribution in [0.15, 0.2) is 0 Å². The molecule has 0 aliphatic rings. The van der Waals surface area contributed by atoms with Gasteiger partial charge in [-0.2, -0.15) is 26.3 Å². The lowest BCUT2D eigenvalue weighted by Gasteiger charge is -2.21. The zero-order chi connectivity index (χ0) is 10.9.